The Morgan fingerprint density at radius 3 is 2.29 bits per heavy atom. The van der Waals surface area contributed by atoms with Gasteiger partial charge in [0.15, 0.2) is 5.78 Å². The molecule has 4 rings (SSSR count). The van der Waals surface area contributed by atoms with Crippen LogP contribution < -0.4 is 5.32 Å². The molecular formula is C23H21N3O2. The van der Waals surface area contributed by atoms with Gasteiger partial charge < -0.3 is 0 Å². The quantitative estimate of drug-likeness (QED) is 0.747. The molecule has 0 bridgehead atoms. The maximum atomic E-state index is 12.6. The predicted octanol–water partition coefficient (Wildman–Crippen LogP) is 4.26. The van der Waals surface area contributed by atoms with E-state index in [4.69, 9.17) is 0 Å². The molecule has 1 aromatic heterocycles. The number of aromatic nitrogens is 2. The number of nitrogens with zero attached hydrogens (tertiary/aromatic N) is 2. The largest absolute Gasteiger partial charge is 0.294 e. The van der Waals surface area contributed by atoms with Gasteiger partial charge in [-0.15, -0.1) is 0 Å². The van der Waals surface area contributed by atoms with Gasteiger partial charge in [-0.25, -0.2) is 9.97 Å². The van der Waals surface area contributed by atoms with Crippen molar-refractivity contribution in [2.24, 2.45) is 0 Å². The van der Waals surface area contributed by atoms with Crippen molar-refractivity contribution in [1.82, 2.24) is 9.97 Å². The zero-order valence-electron chi connectivity index (χ0n) is 15.9. The van der Waals surface area contributed by atoms with Crippen LogP contribution in [-0.4, -0.2) is 21.7 Å². The Morgan fingerprint density at radius 2 is 1.61 bits per heavy atom. The Bertz CT molecular complexity index is 1040. The van der Waals surface area contributed by atoms with Crippen LogP contribution in [0, 0.1) is 13.8 Å². The van der Waals surface area contributed by atoms with Gasteiger partial charge in [-0.3, -0.25) is 14.9 Å². The number of anilines is 1. The smallest absolute Gasteiger partial charge is 0.258 e. The van der Waals surface area contributed by atoms with E-state index in [0.29, 0.717) is 29.7 Å². The van der Waals surface area contributed by atoms with E-state index in [9.17, 15) is 9.59 Å². The molecule has 0 saturated heterocycles. The molecule has 0 saturated carbocycles. The molecular weight excluding hydrogens is 350 g/mol. The fourth-order valence-electron chi connectivity index (χ4n) is 3.46. The first-order chi connectivity index (χ1) is 13.5. The summed E-state index contributed by atoms with van der Waals surface area (Å²) >= 11 is 0. The van der Waals surface area contributed by atoms with Gasteiger partial charge in [0.25, 0.3) is 5.91 Å². The number of nitrogens with one attached hydrogen (secondary N) is 1. The van der Waals surface area contributed by atoms with E-state index in [1.807, 2.05) is 26.0 Å². The van der Waals surface area contributed by atoms with Gasteiger partial charge in [-0.2, -0.15) is 0 Å². The molecule has 1 heterocycles. The third-order valence-corrected chi connectivity index (χ3v) is 5.13. The van der Waals surface area contributed by atoms with Crippen molar-refractivity contribution in [3.05, 3.63) is 88.2 Å². The highest BCUT2D eigenvalue weighted by Gasteiger charge is 2.28. The lowest BCUT2D eigenvalue weighted by Crippen LogP contribution is -2.22. The molecule has 3 aromatic rings. The number of carbonyl (C=O) groups excluding carboxylic acids is 2. The Labute approximate surface area is 163 Å². The van der Waals surface area contributed by atoms with Gasteiger partial charge in [-0.05, 0) is 43.9 Å². The van der Waals surface area contributed by atoms with Crippen LogP contribution in [0.25, 0.3) is 0 Å². The second-order valence-corrected chi connectivity index (χ2v) is 7.31. The molecule has 1 amide bonds. The van der Waals surface area contributed by atoms with Crippen LogP contribution in [0.1, 0.15) is 55.4 Å². The predicted molar refractivity (Wildman–Crippen MR) is 108 cm³/mol. The Hall–Kier alpha value is -3.34. The monoisotopic (exact) mass is 371 g/mol. The van der Waals surface area contributed by atoms with Crippen LogP contribution in [0.5, 0.6) is 0 Å². The Balaban J connectivity index is 1.56. The zero-order valence-corrected chi connectivity index (χ0v) is 15.9. The number of hydrogen-bond acceptors (Lipinski definition) is 4. The van der Waals surface area contributed by atoms with Crippen molar-refractivity contribution < 1.29 is 9.59 Å². The average Bonchev–Trinajstić information content (AvgIpc) is 2.68. The summed E-state index contributed by atoms with van der Waals surface area (Å²) in [6.07, 6.45) is 2.63. The SMILES string of the molecule is Cc1ccc(C(=O)Nc2ncc3c(n2)CC(c2ccc(C)cc2)CC3=O)cc1. The summed E-state index contributed by atoms with van der Waals surface area (Å²) in [5.41, 5.74) is 5.19. The van der Waals surface area contributed by atoms with Crippen molar-refractivity contribution in [1.29, 1.82) is 0 Å². The number of ketones is 1. The van der Waals surface area contributed by atoms with Crippen LogP contribution in [0.2, 0.25) is 0 Å². The fraction of sp³-hybridized carbons (Fsp3) is 0.217. The molecule has 140 valence electrons. The van der Waals surface area contributed by atoms with E-state index in [1.165, 1.54) is 11.8 Å². The summed E-state index contributed by atoms with van der Waals surface area (Å²) in [6.45, 7) is 4.01. The first-order valence-electron chi connectivity index (χ1n) is 9.33. The van der Waals surface area contributed by atoms with E-state index in [-0.39, 0.29) is 23.6 Å². The minimum atomic E-state index is -0.267. The zero-order chi connectivity index (χ0) is 19.7. The van der Waals surface area contributed by atoms with E-state index in [1.54, 1.807) is 12.1 Å². The first-order valence-corrected chi connectivity index (χ1v) is 9.33. The molecule has 0 fully saturated rings. The second kappa shape index (κ2) is 7.35. The molecule has 1 atom stereocenters. The molecule has 1 aliphatic carbocycles. The van der Waals surface area contributed by atoms with Gasteiger partial charge in [-0.1, -0.05) is 47.5 Å². The Kier molecular flexibility index (Phi) is 4.74. The molecule has 0 radical (unpaired) electrons. The van der Waals surface area contributed by atoms with Gasteiger partial charge in [0.1, 0.15) is 0 Å². The van der Waals surface area contributed by atoms with E-state index in [0.717, 1.165) is 11.1 Å². The van der Waals surface area contributed by atoms with Crippen LogP contribution in [0.3, 0.4) is 0 Å². The van der Waals surface area contributed by atoms with Crippen LogP contribution in [0.15, 0.2) is 54.7 Å². The average molecular weight is 371 g/mol. The topological polar surface area (TPSA) is 72.0 Å². The van der Waals surface area contributed by atoms with Crippen LogP contribution in [0.4, 0.5) is 5.95 Å². The van der Waals surface area contributed by atoms with E-state index >= 15 is 0 Å². The summed E-state index contributed by atoms with van der Waals surface area (Å²) < 4.78 is 0. The summed E-state index contributed by atoms with van der Waals surface area (Å²) in [7, 11) is 0. The van der Waals surface area contributed by atoms with Gasteiger partial charge in [0, 0.05) is 18.2 Å². The third kappa shape index (κ3) is 3.69. The van der Waals surface area contributed by atoms with Gasteiger partial charge in [0.05, 0.1) is 11.3 Å². The minimum absolute atomic E-state index is 0.0447. The number of Topliss-reactive ketones (excluding diaryl/α,β-unsaturated/α-hetero) is 1. The highest BCUT2D eigenvalue weighted by molar-refractivity contribution is 6.03. The summed E-state index contributed by atoms with van der Waals surface area (Å²) in [6, 6.07) is 15.5. The van der Waals surface area contributed by atoms with Crippen molar-refractivity contribution >= 4 is 17.6 Å². The molecule has 1 aliphatic rings. The molecule has 1 unspecified atom stereocenters. The lowest BCUT2D eigenvalue weighted by atomic mass is 9.82. The third-order valence-electron chi connectivity index (χ3n) is 5.13. The van der Waals surface area contributed by atoms with E-state index in [2.05, 4.69) is 39.6 Å². The van der Waals surface area contributed by atoms with Gasteiger partial charge in [0.2, 0.25) is 5.95 Å². The highest BCUT2D eigenvalue weighted by atomic mass is 16.1. The molecule has 5 heteroatoms. The molecule has 28 heavy (non-hydrogen) atoms. The summed E-state index contributed by atoms with van der Waals surface area (Å²) in [5.74, 6) is 0.0956. The first kappa shape index (κ1) is 18.0. The molecule has 5 nitrogen and oxygen atoms in total. The minimum Gasteiger partial charge on any atom is -0.294 e. The summed E-state index contributed by atoms with van der Waals surface area (Å²) in [4.78, 5) is 33.6. The van der Waals surface area contributed by atoms with Crippen molar-refractivity contribution in [3.8, 4) is 0 Å². The Morgan fingerprint density at radius 1 is 0.964 bits per heavy atom. The maximum absolute atomic E-state index is 12.6. The standard InChI is InChI=1S/C23H21N3O2/c1-14-3-7-16(8-4-14)18-11-20-19(21(27)12-18)13-24-23(25-20)26-22(28)17-9-5-15(2)6-10-17/h3-10,13,18H,11-12H2,1-2H3,(H,24,25,26,28). The number of aryl methyl sites for hydroxylation is 2. The molecule has 0 aliphatic heterocycles. The van der Waals surface area contributed by atoms with Crippen LogP contribution in [-0.2, 0) is 6.42 Å². The van der Waals surface area contributed by atoms with E-state index < -0.39 is 0 Å². The van der Waals surface area contributed by atoms with Crippen LogP contribution >= 0.6 is 0 Å². The second-order valence-electron chi connectivity index (χ2n) is 7.31. The molecule has 1 N–H and O–H groups in total. The number of carbonyl (C=O) groups is 2. The maximum Gasteiger partial charge on any atom is 0.258 e. The van der Waals surface area contributed by atoms with Crippen molar-refractivity contribution in [3.63, 3.8) is 0 Å². The number of rotatable bonds is 3. The number of benzene rings is 2. The lowest BCUT2D eigenvalue weighted by molar-refractivity contribution is 0.0962. The fourth-order valence-corrected chi connectivity index (χ4v) is 3.46. The lowest BCUT2D eigenvalue weighted by Gasteiger charge is -2.23. The highest BCUT2D eigenvalue weighted by Crippen LogP contribution is 2.32. The molecule has 2 aromatic carbocycles. The normalized spacial score (nSPS) is 15.8. The van der Waals surface area contributed by atoms with Gasteiger partial charge >= 0.3 is 0 Å². The number of fused-ring (bicyclic) bond motifs is 1. The number of amides is 1. The van der Waals surface area contributed by atoms with Crippen molar-refractivity contribution in [2.45, 2.75) is 32.6 Å². The number of hydrogen-bond donors (Lipinski definition) is 1. The van der Waals surface area contributed by atoms with Crippen molar-refractivity contribution in [2.75, 3.05) is 5.32 Å². The molecule has 0 spiro atoms. The summed E-state index contributed by atoms with van der Waals surface area (Å²) in [5, 5.41) is 2.73.